The van der Waals surface area contributed by atoms with Crippen molar-refractivity contribution in [2.45, 2.75) is 12.5 Å². The lowest BCUT2D eigenvalue weighted by Crippen LogP contribution is -2.29. The van der Waals surface area contributed by atoms with Crippen LogP contribution in [0.15, 0.2) is 18.2 Å². The van der Waals surface area contributed by atoms with E-state index >= 15 is 0 Å². The number of fused-ring (bicyclic) bond motifs is 1. The van der Waals surface area contributed by atoms with Crippen LogP contribution in [0.1, 0.15) is 16.1 Å². The lowest BCUT2D eigenvalue weighted by molar-refractivity contribution is 0.0770. The van der Waals surface area contributed by atoms with Gasteiger partial charge in [-0.1, -0.05) is 6.07 Å². The van der Waals surface area contributed by atoms with Crippen LogP contribution < -0.4 is 5.73 Å². The zero-order valence-electron chi connectivity index (χ0n) is 10.1. The fourth-order valence-electron chi connectivity index (χ4n) is 2.36. The normalized spacial score (nSPS) is 19.3. The van der Waals surface area contributed by atoms with Crippen LogP contribution in [-0.4, -0.2) is 35.1 Å². The van der Waals surface area contributed by atoms with Gasteiger partial charge in [-0.15, -0.1) is 11.3 Å². The van der Waals surface area contributed by atoms with Crippen LogP contribution in [0.3, 0.4) is 0 Å². The Hall–Kier alpha value is -1.66. The number of hydrogen-bond acceptors (Lipinski definition) is 4. The molecule has 3 rings (SSSR count). The van der Waals surface area contributed by atoms with Crippen molar-refractivity contribution >= 4 is 33.0 Å². The molecule has 19 heavy (non-hydrogen) atoms. The Labute approximate surface area is 113 Å². The molecule has 3 N–H and O–H groups in total. The Bertz CT molecular complexity index is 655. The summed E-state index contributed by atoms with van der Waals surface area (Å²) in [6.07, 6.45) is 0.0986. The molecule has 1 aromatic heterocycles. The summed E-state index contributed by atoms with van der Waals surface area (Å²) in [4.78, 5) is 14.2. The molecule has 2 heterocycles. The largest absolute Gasteiger partial charge is 0.397 e. The Morgan fingerprint density at radius 3 is 2.95 bits per heavy atom. The van der Waals surface area contributed by atoms with Crippen LogP contribution in [-0.2, 0) is 0 Å². The smallest absolute Gasteiger partial charge is 0.266 e. The summed E-state index contributed by atoms with van der Waals surface area (Å²) in [5.74, 6) is -0.638. The van der Waals surface area contributed by atoms with Crippen LogP contribution in [0, 0.1) is 5.82 Å². The highest BCUT2D eigenvalue weighted by Crippen LogP contribution is 2.36. The van der Waals surface area contributed by atoms with Gasteiger partial charge in [-0.2, -0.15) is 0 Å². The molecule has 1 fully saturated rings. The van der Waals surface area contributed by atoms with Gasteiger partial charge >= 0.3 is 0 Å². The second-order valence-electron chi connectivity index (χ2n) is 4.65. The van der Waals surface area contributed by atoms with Gasteiger partial charge < -0.3 is 15.7 Å². The number of amides is 1. The number of nitrogens with two attached hydrogens (primary N) is 1. The van der Waals surface area contributed by atoms with Crippen LogP contribution >= 0.6 is 11.3 Å². The molecule has 1 aromatic carbocycles. The Morgan fingerprint density at radius 2 is 2.32 bits per heavy atom. The highest BCUT2D eigenvalue weighted by atomic mass is 32.1. The third kappa shape index (κ3) is 1.97. The molecule has 1 atom stereocenters. The van der Waals surface area contributed by atoms with Gasteiger partial charge in [-0.3, -0.25) is 4.79 Å². The Kier molecular flexibility index (Phi) is 2.91. The van der Waals surface area contributed by atoms with Gasteiger partial charge in [0.1, 0.15) is 10.7 Å². The molecule has 1 aliphatic heterocycles. The SMILES string of the molecule is Nc1c(C(=O)N2CCC(O)C2)sc2cccc(F)c12. The van der Waals surface area contributed by atoms with Gasteiger partial charge in [-0.25, -0.2) is 4.39 Å². The highest BCUT2D eigenvalue weighted by molar-refractivity contribution is 7.21. The lowest BCUT2D eigenvalue weighted by atomic mass is 10.2. The number of carbonyl (C=O) groups is 1. The first kappa shape index (κ1) is 12.4. The standard InChI is InChI=1S/C13H13FN2O2S/c14-8-2-1-3-9-10(8)11(15)12(19-9)13(18)16-5-4-7(17)6-16/h1-3,7,17H,4-6,15H2. The number of nitrogen functional groups attached to an aromatic ring is 1. The minimum absolute atomic E-state index is 0.199. The zero-order valence-corrected chi connectivity index (χ0v) is 10.9. The Balaban J connectivity index is 2.03. The van der Waals surface area contributed by atoms with E-state index in [1.165, 1.54) is 17.4 Å². The van der Waals surface area contributed by atoms with Gasteiger partial charge in [0, 0.05) is 17.8 Å². The number of rotatable bonds is 1. The molecule has 4 nitrogen and oxygen atoms in total. The van der Waals surface area contributed by atoms with Crippen LogP contribution in [0.2, 0.25) is 0 Å². The minimum atomic E-state index is -0.476. The summed E-state index contributed by atoms with van der Waals surface area (Å²) in [5, 5.41) is 9.78. The van der Waals surface area contributed by atoms with Crippen molar-refractivity contribution in [2.24, 2.45) is 0 Å². The summed E-state index contributed by atoms with van der Waals surface area (Å²) >= 11 is 1.20. The first-order valence-corrected chi connectivity index (χ1v) is 6.83. The maximum absolute atomic E-state index is 13.7. The fraction of sp³-hybridized carbons (Fsp3) is 0.308. The number of likely N-dealkylation sites (tertiary alicyclic amines) is 1. The van der Waals surface area contributed by atoms with Crippen molar-refractivity contribution in [3.63, 3.8) is 0 Å². The number of β-amino-alcohol motifs (C(OH)–C–C–N with tert-alkyl or cyclic N) is 1. The average Bonchev–Trinajstić information content (AvgIpc) is 2.94. The molecule has 0 radical (unpaired) electrons. The molecule has 100 valence electrons. The van der Waals surface area contributed by atoms with Crippen molar-refractivity contribution in [3.05, 3.63) is 28.9 Å². The van der Waals surface area contributed by atoms with Crippen LogP contribution in [0.5, 0.6) is 0 Å². The molecule has 1 unspecified atom stereocenters. The topological polar surface area (TPSA) is 66.6 Å². The van der Waals surface area contributed by atoms with Gasteiger partial charge in [0.15, 0.2) is 0 Å². The number of aliphatic hydroxyl groups excluding tert-OH is 1. The van der Waals surface area contributed by atoms with E-state index in [2.05, 4.69) is 0 Å². The van der Waals surface area contributed by atoms with Gasteiger partial charge in [0.05, 0.1) is 17.2 Å². The van der Waals surface area contributed by atoms with Crippen molar-refractivity contribution in [1.29, 1.82) is 0 Å². The molecule has 0 saturated carbocycles. The highest BCUT2D eigenvalue weighted by Gasteiger charge is 2.28. The Morgan fingerprint density at radius 1 is 1.53 bits per heavy atom. The molecule has 1 amide bonds. The monoisotopic (exact) mass is 280 g/mol. The third-order valence-corrected chi connectivity index (χ3v) is 4.50. The predicted molar refractivity (Wildman–Crippen MR) is 72.7 cm³/mol. The number of halogens is 1. The molecule has 1 saturated heterocycles. The second-order valence-corrected chi connectivity index (χ2v) is 5.70. The minimum Gasteiger partial charge on any atom is -0.397 e. The average molecular weight is 280 g/mol. The fourth-order valence-corrected chi connectivity index (χ4v) is 3.46. The first-order chi connectivity index (χ1) is 9.08. The van der Waals surface area contributed by atoms with E-state index in [0.29, 0.717) is 34.5 Å². The van der Waals surface area contributed by atoms with Crippen LogP contribution in [0.25, 0.3) is 10.1 Å². The molecular weight excluding hydrogens is 267 g/mol. The van der Waals surface area contributed by atoms with E-state index in [-0.39, 0.29) is 11.6 Å². The van der Waals surface area contributed by atoms with E-state index in [1.807, 2.05) is 0 Å². The molecule has 0 spiro atoms. The zero-order chi connectivity index (χ0) is 13.6. The van der Waals surface area contributed by atoms with Crippen molar-refractivity contribution in [3.8, 4) is 0 Å². The van der Waals surface area contributed by atoms with Gasteiger partial charge in [0.2, 0.25) is 0 Å². The lowest BCUT2D eigenvalue weighted by Gasteiger charge is -2.14. The molecule has 0 bridgehead atoms. The molecule has 0 aliphatic carbocycles. The second kappa shape index (κ2) is 4.47. The number of nitrogens with zero attached hydrogens (tertiary/aromatic N) is 1. The summed E-state index contributed by atoms with van der Waals surface area (Å²) in [7, 11) is 0. The number of anilines is 1. The van der Waals surface area contributed by atoms with Gasteiger partial charge in [-0.05, 0) is 18.6 Å². The summed E-state index contributed by atoms with van der Waals surface area (Å²) < 4.78 is 14.4. The quantitative estimate of drug-likeness (QED) is 0.837. The van der Waals surface area contributed by atoms with Gasteiger partial charge in [0.25, 0.3) is 5.91 Å². The molecule has 1 aliphatic rings. The number of carbonyl (C=O) groups excluding carboxylic acids is 1. The van der Waals surface area contributed by atoms with E-state index in [9.17, 15) is 14.3 Å². The maximum Gasteiger partial charge on any atom is 0.266 e. The predicted octanol–water partition coefficient (Wildman–Crippen LogP) is 1.83. The van der Waals surface area contributed by atoms with E-state index in [4.69, 9.17) is 5.73 Å². The number of benzene rings is 1. The molecular formula is C13H13FN2O2S. The number of hydrogen-bond donors (Lipinski definition) is 2. The van der Waals surface area contributed by atoms with E-state index in [0.717, 1.165) is 0 Å². The summed E-state index contributed by atoms with van der Waals surface area (Å²) in [6, 6.07) is 4.68. The van der Waals surface area contributed by atoms with Crippen molar-refractivity contribution in [1.82, 2.24) is 4.90 Å². The third-order valence-electron chi connectivity index (χ3n) is 3.35. The first-order valence-electron chi connectivity index (χ1n) is 6.01. The van der Waals surface area contributed by atoms with Crippen molar-refractivity contribution in [2.75, 3.05) is 18.8 Å². The van der Waals surface area contributed by atoms with Crippen LogP contribution in [0.4, 0.5) is 10.1 Å². The summed E-state index contributed by atoms with van der Waals surface area (Å²) in [6.45, 7) is 0.825. The number of thiophene rings is 1. The summed E-state index contributed by atoms with van der Waals surface area (Å²) in [5.41, 5.74) is 6.10. The molecule has 2 aromatic rings. The molecule has 6 heteroatoms. The van der Waals surface area contributed by atoms with Crippen molar-refractivity contribution < 1.29 is 14.3 Å². The maximum atomic E-state index is 13.7. The number of aliphatic hydroxyl groups is 1. The van der Waals surface area contributed by atoms with E-state index < -0.39 is 11.9 Å². The van der Waals surface area contributed by atoms with E-state index in [1.54, 1.807) is 17.0 Å².